The van der Waals surface area contributed by atoms with Gasteiger partial charge in [0.1, 0.15) is 18.0 Å². The molecule has 128 valence electrons. The molecule has 3 rings (SSSR count). The maximum Gasteiger partial charge on any atom is 0.268 e. The van der Waals surface area contributed by atoms with Crippen LogP contribution >= 0.6 is 12.6 Å². The zero-order chi connectivity index (χ0) is 18.5. The second kappa shape index (κ2) is 7.55. The number of hydrogen-bond donors (Lipinski definition) is 3. The number of aromatic nitrogens is 3. The van der Waals surface area contributed by atoms with Gasteiger partial charge in [-0.25, -0.2) is 9.67 Å². The Bertz CT molecular complexity index is 998. The first kappa shape index (κ1) is 17.3. The second-order valence-corrected chi connectivity index (χ2v) is 5.73. The molecule has 0 bridgehead atoms. The van der Waals surface area contributed by atoms with Crippen LogP contribution in [-0.2, 0) is 4.79 Å². The van der Waals surface area contributed by atoms with Crippen LogP contribution < -0.4 is 11.1 Å². The molecule has 0 atom stereocenters. The van der Waals surface area contributed by atoms with E-state index in [9.17, 15) is 4.79 Å². The highest BCUT2D eigenvalue weighted by molar-refractivity contribution is 7.84. The molecule has 0 aliphatic heterocycles. The van der Waals surface area contributed by atoms with Crippen molar-refractivity contribution in [3.8, 4) is 23.1 Å². The van der Waals surface area contributed by atoms with E-state index in [-0.39, 0.29) is 10.6 Å². The first-order valence-corrected chi connectivity index (χ1v) is 8.01. The van der Waals surface area contributed by atoms with Gasteiger partial charge < -0.3 is 11.1 Å². The minimum absolute atomic E-state index is 0.128. The van der Waals surface area contributed by atoms with Crippen LogP contribution in [0.4, 0.5) is 5.69 Å². The fraction of sp³-hybridized carbons (Fsp3) is 0. The van der Waals surface area contributed by atoms with Crippen molar-refractivity contribution < 1.29 is 4.79 Å². The number of nitrogens with zero attached hydrogens (tertiary/aromatic N) is 4. The van der Waals surface area contributed by atoms with Gasteiger partial charge in [-0.3, -0.25) is 4.79 Å². The Labute approximate surface area is 155 Å². The minimum atomic E-state index is -0.612. The molecule has 1 heterocycles. The molecular formula is C18H14N6OS. The van der Waals surface area contributed by atoms with Gasteiger partial charge in [0.05, 0.1) is 10.7 Å². The summed E-state index contributed by atoms with van der Waals surface area (Å²) < 4.78 is 1.68. The Balaban J connectivity index is 1.77. The van der Waals surface area contributed by atoms with Gasteiger partial charge in [-0.05, 0) is 36.4 Å². The topological polar surface area (TPSA) is 110 Å². The SMILES string of the molecule is N#C/C(C(=O)Nc1ccc(-c2ncn(-c3ccccc3)n2)cc1)=C(\N)S. The number of nitrogens with two attached hydrogens (primary N) is 1. The van der Waals surface area contributed by atoms with E-state index >= 15 is 0 Å². The van der Waals surface area contributed by atoms with Crippen molar-refractivity contribution in [2.24, 2.45) is 5.73 Å². The summed E-state index contributed by atoms with van der Waals surface area (Å²) >= 11 is 3.83. The van der Waals surface area contributed by atoms with E-state index in [0.717, 1.165) is 11.3 Å². The average Bonchev–Trinajstić information content (AvgIpc) is 3.13. The molecule has 3 aromatic rings. The van der Waals surface area contributed by atoms with Crippen molar-refractivity contribution >= 4 is 24.2 Å². The lowest BCUT2D eigenvalue weighted by Crippen LogP contribution is -2.16. The van der Waals surface area contributed by atoms with E-state index in [1.165, 1.54) is 0 Å². The van der Waals surface area contributed by atoms with Gasteiger partial charge in [-0.2, -0.15) is 5.26 Å². The van der Waals surface area contributed by atoms with E-state index in [0.29, 0.717) is 11.5 Å². The molecule has 0 saturated carbocycles. The number of anilines is 1. The number of carbonyl (C=O) groups excluding carboxylic acids is 1. The van der Waals surface area contributed by atoms with E-state index in [1.54, 1.807) is 41.3 Å². The third kappa shape index (κ3) is 3.74. The Morgan fingerprint density at radius 2 is 1.85 bits per heavy atom. The van der Waals surface area contributed by atoms with Crippen LogP contribution in [0.25, 0.3) is 17.1 Å². The maximum absolute atomic E-state index is 12.0. The van der Waals surface area contributed by atoms with Crippen molar-refractivity contribution in [3.63, 3.8) is 0 Å². The lowest BCUT2D eigenvalue weighted by Gasteiger charge is -2.05. The van der Waals surface area contributed by atoms with Crippen LogP contribution in [0.5, 0.6) is 0 Å². The summed E-state index contributed by atoms with van der Waals surface area (Å²) in [5.74, 6) is -0.0526. The molecule has 26 heavy (non-hydrogen) atoms. The summed E-state index contributed by atoms with van der Waals surface area (Å²) in [6.45, 7) is 0. The predicted molar refractivity (Wildman–Crippen MR) is 101 cm³/mol. The molecule has 1 aromatic heterocycles. The smallest absolute Gasteiger partial charge is 0.268 e. The van der Waals surface area contributed by atoms with Crippen LogP contribution in [0.2, 0.25) is 0 Å². The fourth-order valence-corrected chi connectivity index (χ4v) is 2.37. The number of thiol groups is 1. The maximum atomic E-state index is 12.0. The van der Waals surface area contributed by atoms with Crippen LogP contribution in [0.3, 0.4) is 0 Å². The summed E-state index contributed by atoms with van der Waals surface area (Å²) in [6, 6.07) is 18.3. The number of carbonyl (C=O) groups is 1. The largest absolute Gasteiger partial charge is 0.392 e. The lowest BCUT2D eigenvalue weighted by atomic mass is 10.2. The van der Waals surface area contributed by atoms with Crippen LogP contribution in [0, 0.1) is 11.3 Å². The van der Waals surface area contributed by atoms with Crippen LogP contribution in [0.15, 0.2) is 71.5 Å². The molecule has 3 N–H and O–H groups in total. The molecule has 0 radical (unpaired) electrons. The van der Waals surface area contributed by atoms with Gasteiger partial charge in [0.15, 0.2) is 5.82 Å². The van der Waals surface area contributed by atoms with Gasteiger partial charge in [-0.15, -0.1) is 17.7 Å². The van der Waals surface area contributed by atoms with Gasteiger partial charge in [0, 0.05) is 11.3 Å². The molecule has 1 amide bonds. The fourth-order valence-electron chi connectivity index (χ4n) is 2.22. The molecule has 0 unspecified atom stereocenters. The van der Waals surface area contributed by atoms with Crippen molar-refractivity contribution in [2.45, 2.75) is 0 Å². The summed E-state index contributed by atoms with van der Waals surface area (Å²) in [6.07, 6.45) is 1.64. The molecule has 0 aliphatic rings. The van der Waals surface area contributed by atoms with Crippen molar-refractivity contribution in [2.75, 3.05) is 5.32 Å². The number of nitriles is 1. The third-order valence-electron chi connectivity index (χ3n) is 3.51. The minimum Gasteiger partial charge on any atom is -0.392 e. The van der Waals surface area contributed by atoms with Gasteiger partial charge >= 0.3 is 0 Å². The van der Waals surface area contributed by atoms with Gasteiger partial charge in [0.2, 0.25) is 0 Å². The molecule has 0 fully saturated rings. The number of hydrogen-bond acceptors (Lipinski definition) is 6. The summed E-state index contributed by atoms with van der Waals surface area (Å²) in [7, 11) is 0. The zero-order valence-corrected chi connectivity index (χ0v) is 14.4. The number of nitrogens with one attached hydrogen (secondary N) is 1. The summed E-state index contributed by atoms with van der Waals surface area (Å²) in [5.41, 5.74) is 7.38. The number of rotatable bonds is 4. The highest BCUT2D eigenvalue weighted by atomic mass is 32.1. The quantitative estimate of drug-likeness (QED) is 0.375. The highest BCUT2D eigenvalue weighted by Crippen LogP contribution is 2.19. The standard InChI is InChI=1S/C18H14N6OS/c19-10-15(16(20)26)18(25)22-13-8-6-12(7-9-13)17-21-11-24(23-17)14-4-2-1-3-5-14/h1-9,11,26H,20H2,(H,22,25)/b16-15-. The summed E-state index contributed by atoms with van der Waals surface area (Å²) in [5, 5.41) is 15.8. The van der Waals surface area contributed by atoms with Crippen LogP contribution in [0.1, 0.15) is 0 Å². The van der Waals surface area contributed by atoms with Crippen molar-refractivity contribution in [3.05, 3.63) is 71.5 Å². The van der Waals surface area contributed by atoms with E-state index < -0.39 is 5.91 Å². The van der Waals surface area contributed by atoms with E-state index in [1.807, 2.05) is 30.3 Å². The average molecular weight is 362 g/mol. The molecule has 2 aromatic carbocycles. The number of para-hydroxylation sites is 1. The molecule has 0 spiro atoms. The predicted octanol–water partition coefficient (Wildman–Crippen LogP) is 2.50. The summed E-state index contributed by atoms with van der Waals surface area (Å²) in [4.78, 5) is 16.3. The first-order chi connectivity index (χ1) is 12.6. The second-order valence-electron chi connectivity index (χ2n) is 5.25. The highest BCUT2D eigenvalue weighted by Gasteiger charge is 2.12. The Morgan fingerprint density at radius 3 is 2.46 bits per heavy atom. The molecule has 8 heteroatoms. The monoisotopic (exact) mass is 362 g/mol. The molecule has 7 nitrogen and oxygen atoms in total. The first-order valence-electron chi connectivity index (χ1n) is 7.56. The Kier molecular flexibility index (Phi) is 5.01. The van der Waals surface area contributed by atoms with Gasteiger partial charge in [0.25, 0.3) is 5.91 Å². The third-order valence-corrected chi connectivity index (χ3v) is 3.73. The van der Waals surface area contributed by atoms with Crippen molar-refractivity contribution in [1.82, 2.24) is 14.8 Å². The van der Waals surface area contributed by atoms with E-state index in [2.05, 4.69) is 28.0 Å². The number of benzene rings is 2. The normalized spacial score (nSPS) is 11.4. The lowest BCUT2D eigenvalue weighted by molar-refractivity contribution is -0.112. The van der Waals surface area contributed by atoms with E-state index in [4.69, 9.17) is 11.0 Å². The molecule has 0 aliphatic carbocycles. The number of amides is 1. The van der Waals surface area contributed by atoms with Crippen molar-refractivity contribution in [1.29, 1.82) is 5.26 Å². The van der Waals surface area contributed by atoms with Crippen LogP contribution in [-0.4, -0.2) is 20.7 Å². The Hall–Kier alpha value is -3.57. The molecular weight excluding hydrogens is 348 g/mol. The molecule has 0 saturated heterocycles. The van der Waals surface area contributed by atoms with Gasteiger partial charge in [-0.1, -0.05) is 18.2 Å². The Morgan fingerprint density at radius 1 is 1.15 bits per heavy atom. The zero-order valence-electron chi connectivity index (χ0n) is 13.5.